The van der Waals surface area contributed by atoms with E-state index < -0.39 is 0 Å². The molecule has 0 amide bonds. The molecule has 0 bridgehead atoms. The maximum absolute atomic E-state index is 12.4. The third-order valence-corrected chi connectivity index (χ3v) is 4.74. The number of hydrogen-bond donors (Lipinski definition) is 0. The summed E-state index contributed by atoms with van der Waals surface area (Å²) in [7, 11) is 1.62. The third kappa shape index (κ3) is 2.65. The van der Waals surface area contributed by atoms with Gasteiger partial charge in [-0.1, -0.05) is 19.9 Å². The van der Waals surface area contributed by atoms with Crippen LogP contribution in [0.15, 0.2) is 11.8 Å². The fourth-order valence-corrected chi connectivity index (χ4v) is 3.69. The van der Waals surface area contributed by atoms with Crippen molar-refractivity contribution >= 4 is 0 Å². The molecule has 0 heterocycles. The summed E-state index contributed by atoms with van der Waals surface area (Å²) in [5, 5.41) is 12.4. The molecule has 2 rings (SSSR count). The molecule has 2 aliphatic rings. The van der Waals surface area contributed by atoms with E-state index in [0.29, 0.717) is 11.8 Å². The third-order valence-electron chi connectivity index (χ3n) is 4.74. The normalized spacial score (nSPS) is 39.5. The van der Waals surface area contributed by atoms with Gasteiger partial charge in [-0.15, -0.1) is 5.76 Å². The Bertz CT molecular complexity index is 305. The molecule has 2 aliphatic carbocycles. The summed E-state index contributed by atoms with van der Waals surface area (Å²) in [5.74, 6) is 1.36. The van der Waals surface area contributed by atoms with Gasteiger partial charge in [-0.2, -0.15) is 0 Å². The Morgan fingerprint density at radius 1 is 1.39 bits per heavy atom. The molecule has 3 nitrogen and oxygen atoms in total. The van der Waals surface area contributed by atoms with E-state index >= 15 is 0 Å². The zero-order valence-corrected chi connectivity index (χ0v) is 12.1. The van der Waals surface area contributed by atoms with Gasteiger partial charge < -0.3 is 14.6 Å². The summed E-state index contributed by atoms with van der Waals surface area (Å²) in [6, 6.07) is 0. The fraction of sp³-hybridized carbons (Fsp3) is 0.857. The van der Waals surface area contributed by atoms with Crippen molar-refractivity contribution in [3.8, 4) is 0 Å². The van der Waals surface area contributed by atoms with E-state index in [9.17, 15) is 5.11 Å². The van der Waals surface area contributed by atoms with Gasteiger partial charge in [-0.3, -0.25) is 0 Å². The van der Waals surface area contributed by atoms with Crippen LogP contribution in [0.25, 0.3) is 0 Å². The van der Waals surface area contributed by atoms with Gasteiger partial charge in [-0.05, 0) is 37.5 Å². The maximum Gasteiger partial charge on any atom is 1.00 e. The second-order valence-corrected chi connectivity index (χ2v) is 5.65. The van der Waals surface area contributed by atoms with E-state index in [1.165, 1.54) is 0 Å². The molecule has 0 radical (unpaired) electrons. The van der Waals surface area contributed by atoms with Crippen molar-refractivity contribution in [3.05, 3.63) is 11.8 Å². The van der Waals surface area contributed by atoms with Crippen LogP contribution < -0.4 is 24.0 Å². The van der Waals surface area contributed by atoms with Crippen molar-refractivity contribution < 1.29 is 33.4 Å². The molecule has 0 spiro atoms. The van der Waals surface area contributed by atoms with E-state index in [2.05, 4.69) is 13.8 Å². The van der Waals surface area contributed by atoms with Gasteiger partial charge in [0.15, 0.2) is 0 Å². The van der Waals surface area contributed by atoms with Crippen molar-refractivity contribution in [2.24, 2.45) is 17.3 Å². The van der Waals surface area contributed by atoms with Crippen LogP contribution in [0.2, 0.25) is 0 Å². The molecular formula is C14H23LiO3. The molecule has 0 saturated heterocycles. The van der Waals surface area contributed by atoms with Crippen LogP contribution >= 0.6 is 0 Å². The first-order chi connectivity index (χ1) is 8.10. The number of allylic oxidation sites excluding steroid dienone is 1. The molecule has 0 aromatic rings. The van der Waals surface area contributed by atoms with Crippen molar-refractivity contribution in [1.29, 1.82) is 0 Å². The Morgan fingerprint density at radius 2 is 2.11 bits per heavy atom. The van der Waals surface area contributed by atoms with Gasteiger partial charge in [0, 0.05) is 12.5 Å². The number of fused-ring (bicyclic) bond motifs is 1. The number of ether oxygens (including phenoxy) is 2. The van der Waals surface area contributed by atoms with E-state index in [0.717, 1.165) is 25.7 Å². The molecule has 1 saturated carbocycles. The van der Waals surface area contributed by atoms with Crippen LogP contribution in [0.5, 0.6) is 0 Å². The molecule has 4 atom stereocenters. The van der Waals surface area contributed by atoms with Crippen LogP contribution in [0.1, 0.15) is 39.5 Å². The van der Waals surface area contributed by atoms with E-state index in [1.807, 2.05) is 6.08 Å². The molecule has 1 fully saturated rings. The van der Waals surface area contributed by atoms with Gasteiger partial charge in [-0.25, -0.2) is 0 Å². The van der Waals surface area contributed by atoms with E-state index in [4.69, 9.17) is 9.47 Å². The van der Waals surface area contributed by atoms with Crippen LogP contribution in [0, 0.1) is 17.3 Å². The standard InChI is InChI=1S/C14H24O3.Li/c1-10-5-4-6-12(15)14(2)11(10)7-8-13(14)17-9-16-3;/h6,10-11,13,15H,4-5,7-9H2,1-3H3;/q;+1/p-1/t10-,11+,13-,14+;/m0./s1. The second-order valence-electron chi connectivity index (χ2n) is 5.65. The van der Waals surface area contributed by atoms with Crippen LogP contribution in [0.3, 0.4) is 0 Å². The second kappa shape index (κ2) is 6.48. The quantitative estimate of drug-likeness (QED) is 0.477. The zero-order chi connectivity index (χ0) is 12.5. The Hall–Kier alpha value is 0.0574. The molecule has 0 aromatic carbocycles. The topological polar surface area (TPSA) is 41.5 Å². The Morgan fingerprint density at radius 3 is 2.78 bits per heavy atom. The summed E-state index contributed by atoms with van der Waals surface area (Å²) in [5.41, 5.74) is -0.325. The Balaban J connectivity index is 0.00000162. The summed E-state index contributed by atoms with van der Waals surface area (Å²) in [4.78, 5) is 0. The van der Waals surface area contributed by atoms with Crippen molar-refractivity contribution in [3.63, 3.8) is 0 Å². The minimum absolute atomic E-state index is 0. The SMILES string of the molecule is COCO[C@H]1CC[C@@H]2[C@@H](C)CCC=C([O-])[C@]12C.[Li+]. The number of hydrogen-bond acceptors (Lipinski definition) is 3. The summed E-state index contributed by atoms with van der Waals surface area (Å²) < 4.78 is 10.7. The first kappa shape index (κ1) is 16.1. The minimum atomic E-state index is -0.325. The largest absolute Gasteiger partial charge is 1.00 e. The van der Waals surface area contributed by atoms with E-state index in [-0.39, 0.29) is 42.9 Å². The van der Waals surface area contributed by atoms with Gasteiger partial charge in [0.05, 0.1) is 6.10 Å². The Labute approximate surface area is 122 Å². The van der Waals surface area contributed by atoms with Gasteiger partial charge in [0.2, 0.25) is 0 Å². The van der Waals surface area contributed by atoms with Crippen LogP contribution in [0.4, 0.5) is 0 Å². The summed E-state index contributed by atoms with van der Waals surface area (Å²) >= 11 is 0. The van der Waals surface area contributed by atoms with Crippen LogP contribution in [-0.4, -0.2) is 20.0 Å². The predicted molar refractivity (Wildman–Crippen MR) is 64.1 cm³/mol. The molecule has 0 aromatic heterocycles. The average Bonchev–Trinajstić information content (AvgIpc) is 2.59. The molecule has 0 aliphatic heterocycles. The summed E-state index contributed by atoms with van der Waals surface area (Å²) in [6.07, 6.45) is 6.04. The van der Waals surface area contributed by atoms with Gasteiger partial charge >= 0.3 is 18.9 Å². The summed E-state index contributed by atoms with van der Waals surface area (Å²) in [6.45, 7) is 4.65. The smallest absolute Gasteiger partial charge is 0.875 e. The molecular weight excluding hydrogens is 223 g/mol. The van der Waals surface area contributed by atoms with Crippen molar-refractivity contribution in [1.82, 2.24) is 0 Å². The monoisotopic (exact) mass is 246 g/mol. The zero-order valence-electron chi connectivity index (χ0n) is 12.1. The minimum Gasteiger partial charge on any atom is -0.875 e. The predicted octanol–water partition coefficient (Wildman–Crippen LogP) is -0.930. The van der Waals surface area contributed by atoms with E-state index in [1.54, 1.807) is 7.11 Å². The molecule has 18 heavy (non-hydrogen) atoms. The van der Waals surface area contributed by atoms with Gasteiger partial charge in [0.25, 0.3) is 0 Å². The number of rotatable bonds is 3. The fourth-order valence-electron chi connectivity index (χ4n) is 3.69. The van der Waals surface area contributed by atoms with Gasteiger partial charge in [0.1, 0.15) is 6.79 Å². The molecule has 4 heteroatoms. The van der Waals surface area contributed by atoms with Crippen molar-refractivity contribution in [2.75, 3.05) is 13.9 Å². The molecule has 0 N–H and O–H groups in total. The first-order valence-corrected chi connectivity index (χ1v) is 6.59. The Kier molecular flexibility index (Phi) is 5.80. The average molecular weight is 246 g/mol. The molecule has 98 valence electrons. The van der Waals surface area contributed by atoms with Crippen LogP contribution in [-0.2, 0) is 9.47 Å². The maximum atomic E-state index is 12.4. The van der Waals surface area contributed by atoms with Crippen molar-refractivity contribution in [2.45, 2.75) is 45.6 Å². The first-order valence-electron chi connectivity index (χ1n) is 6.59. The molecule has 0 unspecified atom stereocenters. The number of methoxy groups -OCH3 is 1.